The first-order valence-corrected chi connectivity index (χ1v) is 8.32. The predicted molar refractivity (Wildman–Crippen MR) is 90.5 cm³/mol. The quantitative estimate of drug-likeness (QED) is 0.941. The van der Waals surface area contributed by atoms with Crippen LogP contribution < -0.4 is 15.1 Å². The van der Waals surface area contributed by atoms with E-state index in [1.807, 2.05) is 18.6 Å². The second-order valence-electron chi connectivity index (χ2n) is 5.39. The lowest BCUT2D eigenvalue weighted by Gasteiger charge is -2.36. The van der Waals surface area contributed by atoms with Crippen molar-refractivity contribution >= 4 is 22.2 Å². The fraction of sp³-hybridized carbons (Fsp3) is 0.438. The van der Waals surface area contributed by atoms with E-state index in [4.69, 9.17) is 0 Å². The summed E-state index contributed by atoms with van der Waals surface area (Å²) in [6.07, 6.45) is 1.88. The van der Waals surface area contributed by atoms with Gasteiger partial charge >= 0.3 is 0 Å². The summed E-state index contributed by atoms with van der Waals surface area (Å²) in [6.45, 7) is 6.38. The maximum absolute atomic E-state index is 4.40. The van der Waals surface area contributed by atoms with Crippen LogP contribution in [0.3, 0.4) is 0 Å². The number of piperazine rings is 1. The Bertz CT molecular complexity index is 544. The molecule has 4 nitrogen and oxygen atoms in total. The molecule has 1 aromatic heterocycles. The van der Waals surface area contributed by atoms with Crippen molar-refractivity contribution in [1.82, 2.24) is 10.3 Å². The molecule has 0 amide bonds. The third-order valence-electron chi connectivity index (χ3n) is 4.16. The fourth-order valence-corrected chi connectivity index (χ4v) is 3.37. The van der Waals surface area contributed by atoms with Gasteiger partial charge in [-0.1, -0.05) is 12.1 Å². The van der Waals surface area contributed by atoms with Gasteiger partial charge in [0.05, 0.1) is 0 Å². The van der Waals surface area contributed by atoms with E-state index in [2.05, 4.69) is 51.3 Å². The van der Waals surface area contributed by atoms with E-state index in [-0.39, 0.29) is 0 Å². The number of nitrogens with one attached hydrogen (secondary N) is 1. The number of anilines is 2. The molecule has 1 fully saturated rings. The molecule has 1 saturated heterocycles. The van der Waals surface area contributed by atoms with Crippen LogP contribution in [0, 0.1) is 0 Å². The molecule has 0 radical (unpaired) electrons. The Labute approximate surface area is 130 Å². The van der Waals surface area contributed by atoms with Gasteiger partial charge in [-0.05, 0) is 31.7 Å². The van der Waals surface area contributed by atoms with Gasteiger partial charge in [0, 0.05) is 49.5 Å². The third kappa shape index (κ3) is 3.19. The van der Waals surface area contributed by atoms with Gasteiger partial charge in [-0.15, -0.1) is 11.3 Å². The van der Waals surface area contributed by atoms with Crippen molar-refractivity contribution in [2.45, 2.75) is 13.0 Å². The molecule has 0 spiro atoms. The summed E-state index contributed by atoms with van der Waals surface area (Å²) in [6, 6.07) is 9.33. The number of hydrogen-bond acceptors (Lipinski definition) is 5. The maximum atomic E-state index is 4.40. The molecule has 5 heteroatoms. The number of rotatable bonds is 4. The fourth-order valence-electron chi connectivity index (χ4n) is 2.67. The zero-order valence-electron chi connectivity index (χ0n) is 12.6. The minimum atomic E-state index is 0.404. The molecule has 21 heavy (non-hydrogen) atoms. The Balaban J connectivity index is 1.61. The van der Waals surface area contributed by atoms with Gasteiger partial charge in [-0.3, -0.25) is 0 Å². The molecular formula is C16H22N4S. The minimum Gasteiger partial charge on any atom is -0.368 e. The van der Waals surface area contributed by atoms with Gasteiger partial charge in [0.2, 0.25) is 0 Å². The van der Waals surface area contributed by atoms with Gasteiger partial charge in [-0.2, -0.15) is 0 Å². The smallest absolute Gasteiger partial charge is 0.185 e. The van der Waals surface area contributed by atoms with Crippen molar-refractivity contribution in [3.63, 3.8) is 0 Å². The lowest BCUT2D eigenvalue weighted by atomic mass is 10.1. The van der Waals surface area contributed by atoms with E-state index in [0.717, 1.165) is 31.3 Å². The Morgan fingerprint density at radius 2 is 1.76 bits per heavy atom. The summed E-state index contributed by atoms with van der Waals surface area (Å²) in [4.78, 5) is 9.23. The van der Waals surface area contributed by atoms with Crippen molar-refractivity contribution in [1.29, 1.82) is 0 Å². The summed E-state index contributed by atoms with van der Waals surface area (Å²) < 4.78 is 0. The third-order valence-corrected chi connectivity index (χ3v) is 4.99. The lowest BCUT2D eigenvalue weighted by Crippen LogP contribution is -2.46. The average molecular weight is 302 g/mol. The number of hydrogen-bond donors (Lipinski definition) is 1. The number of nitrogens with zero attached hydrogens (tertiary/aromatic N) is 3. The molecule has 1 unspecified atom stereocenters. The van der Waals surface area contributed by atoms with Crippen LogP contribution in [0.2, 0.25) is 0 Å². The van der Waals surface area contributed by atoms with Crippen LogP contribution in [-0.4, -0.2) is 38.2 Å². The summed E-state index contributed by atoms with van der Waals surface area (Å²) >= 11 is 1.72. The van der Waals surface area contributed by atoms with E-state index in [0.29, 0.717) is 6.04 Å². The molecule has 112 valence electrons. The van der Waals surface area contributed by atoms with Gasteiger partial charge in [0.1, 0.15) is 0 Å². The van der Waals surface area contributed by atoms with Crippen molar-refractivity contribution in [3.8, 4) is 0 Å². The van der Waals surface area contributed by atoms with Crippen molar-refractivity contribution < 1.29 is 0 Å². The van der Waals surface area contributed by atoms with E-state index < -0.39 is 0 Å². The first kappa shape index (κ1) is 14.4. The number of benzene rings is 1. The van der Waals surface area contributed by atoms with E-state index in [9.17, 15) is 0 Å². The summed E-state index contributed by atoms with van der Waals surface area (Å²) in [5.41, 5.74) is 2.66. The first-order chi connectivity index (χ1) is 10.3. The van der Waals surface area contributed by atoms with Crippen LogP contribution in [0.5, 0.6) is 0 Å². The van der Waals surface area contributed by atoms with Gasteiger partial charge in [0.15, 0.2) is 5.13 Å². The van der Waals surface area contributed by atoms with Crippen LogP contribution in [0.15, 0.2) is 35.8 Å². The van der Waals surface area contributed by atoms with E-state index in [1.54, 1.807) is 11.3 Å². The molecule has 3 rings (SSSR count). The molecule has 1 aliphatic rings. The Hall–Kier alpha value is -1.59. The van der Waals surface area contributed by atoms with Gasteiger partial charge in [-0.25, -0.2) is 4.98 Å². The average Bonchev–Trinajstić information content (AvgIpc) is 3.09. The van der Waals surface area contributed by atoms with Crippen LogP contribution in [0.4, 0.5) is 10.8 Å². The molecule has 1 N–H and O–H groups in total. The Morgan fingerprint density at radius 3 is 2.33 bits per heavy atom. The molecule has 2 aromatic rings. The maximum Gasteiger partial charge on any atom is 0.185 e. The van der Waals surface area contributed by atoms with Crippen molar-refractivity contribution in [2.75, 3.05) is 43.0 Å². The topological polar surface area (TPSA) is 31.4 Å². The second kappa shape index (κ2) is 6.45. The van der Waals surface area contributed by atoms with Gasteiger partial charge < -0.3 is 15.1 Å². The second-order valence-corrected chi connectivity index (χ2v) is 6.26. The molecule has 0 aliphatic carbocycles. The zero-order valence-corrected chi connectivity index (χ0v) is 13.4. The lowest BCUT2D eigenvalue weighted by molar-refractivity contribution is 0.646. The molecule has 1 atom stereocenters. The van der Waals surface area contributed by atoms with Gasteiger partial charge in [0.25, 0.3) is 0 Å². The summed E-state index contributed by atoms with van der Waals surface area (Å²) in [5, 5.41) is 6.47. The Kier molecular flexibility index (Phi) is 4.41. The van der Waals surface area contributed by atoms with Crippen molar-refractivity contribution in [2.24, 2.45) is 0 Å². The predicted octanol–water partition coefficient (Wildman–Crippen LogP) is 2.75. The van der Waals surface area contributed by atoms with Crippen LogP contribution >= 0.6 is 11.3 Å². The first-order valence-electron chi connectivity index (χ1n) is 7.44. The molecule has 0 bridgehead atoms. The molecule has 0 saturated carbocycles. The van der Waals surface area contributed by atoms with Crippen molar-refractivity contribution in [3.05, 3.63) is 41.4 Å². The highest BCUT2D eigenvalue weighted by molar-refractivity contribution is 7.13. The SMILES string of the molecule is CNC(C)c1ccc(N2CCN(c3nccs3)CC2)cc1. The number of thiazole rings is 1. The Morgan fingerprint density at radius 1 is 1.10 bits per heavy atom. The highest BCUT2D eigenvalue weighted by atomic mass is 32.1. The minimum absolute atomic E-state index is 0.404. The monoisotopic (exact) mass is 302 g/mol. The normalized spacial score (nSPS) is 17.0. The van der Waals surface area contributed by atoms with Crippen LogP contribution in [0.1, 0.15) is 18.5 Å². The van der Waals surface area contributed by atoms with E-state index in [1.165, 1.54) is 11.3 Å². The van der Waals surface area contributed by atoms with Crippen LogP contribution in [0.25, 0.3) is 0 Å². The van der Waals surface area contributed by atoms with E-state index >= 15 is 0 Å². The van der Waals surface area contributed by atoms with Crippen LogP contribution in [-0.2, 0) is 0 Å². The molecular weight excluding hydrogens is 280 g/mol. The molecule has 2 heterocycles. The highest BCUT2D eigenvalue weighted by Crippen LogP contribution is 2.23. The molecule has 1 aromatic carbocycles. The largest absolute Gasteiger partial charge is 0.368 e. The summed E-state index contributed by atoms with van der Waals surface area (Å²) in [5.74, 6) is 0. The highest BCUT2D eigenvalue weighted by Gasteiger charge is 2.18. The zero-order chi connectivity index (χ0) is 14.7. The standard InChI is InChI=1S/C16H22N4S/c1-13(17-2)14-3-5-15(6-4-14)19-8-10-20(11-9-19)16-18-7-12-21-16/h3-7,12-13,17H,8-11H2,1-2H3. The molecule has 1 aliphatic heterocycles. The number of aromatic nitrogens is 1. The summed E-state index contributed by atoms with van der Waals surface area (Å²) in [7, 11) is 2.00.